The maximum absolute atomic E-state index is 12.4. The summed E-state index contributed by atoms with van der Waals surface area (Å²) in [5.41, 5.74) is 0.0710. The fraction of sp³-hybridized carbons (Fsp3) is 0.125. The van der Waals surface area contributed by atoms with E-state index >= 15 is 0 Å². The van der Waals surface area contributed by atoms with Crippen LogP contribution in [0.4, 0.5) is 13.2 Å². The molecule has 0 saturated heterocycles. The molecule has 0 N–H and O–H groups in total. The standard InChI is InChI=1S/C8H3ClF3N4/c9-5-1-3-6(4-2-5)16-7(8(10,11)12)13-14-15-16/h1-3H. The van der Waals surface area contributed by atoms with Crippen molar-refractivity contribution >= 4 is 11.6 Å². The highest BCUT2D eigenvalue weighted by molar-refractivity contribution is 6.30. The van der Waals surface area contributed by atoms with Crippen LogP contribution in [-0.4, -0.2) is 20.2 Å². The molecule has 0 aliphatic carbocycles. The molecule has 0 bridgehead atoms. The fourth-order valence-electron chi connectivity index (χ4n) is 1.06. The zero-order valence-electron chi connectivity index (χ0n) is 7.53. The molecule has 2 aromatic rings. The second-order valence-electron chi connectivity index (χ2n) is 2.80. The van der Waals surface area contributed by atoms with Crippen LogP contribution in [-0.2, 0) is 6.18 Å². The molecule has 1 radical (unpaired) electrons. The highest BCUT2D eigenvalue weighted by atomic mass is 35.5. The molecule has 8 heteroatoms. The molecule has 1 aromatic carbocycles. The second-order valence-corrected chi connectivity index (χ2v) is 3.24. The molecule has 0 aliphatic rings. The van der Waals surface area contributed by atoms with E-state index in [0.29, 0.717) is 9.70 Å². The lowest BCUT2D eigenvalue weighted by molar-refractivity contribution is -0.146. The normalized spacial score (nSPS) is 11.8. The highest BCUT2D eigenvalue weighted by Crippen LogP contribution is 2.28. The van der Waals surface area contributed by atoms with Crippen molar-refractivity contribution in [1.29, 1.82) is 0 Å². The molecule has 16 heavy (non-hydrogen) atoms. The van der Waals surface area contributed by atoms with Gasteiger partial charge in [0.2, 0.25) is 0 Å². The van der Waals surface area contributed by atoms with Crippen LogP contribution in [0.3, 0.4) is 0 Å². The van der Waals surface area contributed by atoms with E-state index < -0.39 is 12.0 Å². The summed E-state index contributed by atoms with van der Waals surface area (Å²) in [7, 11) is 0. The smallest absolute Gasteiger partial charge is 0.188 e. The van der Waals surface area contributed by atoms with Gasteiger partial charge in [0.15, 0.2) is 0 Å². The van der Waals surface area contributed by atoms with E-state index in [-0.39, 0.29) is 5.69 Å². The third-order valence-electron chi connectivity index (χ3n) is 1.71. The predicted octanol–water partition coefficient (Wildman–Crippen LogP) is 2.13. The topological polar surface area (TPSA) is 43.6 Å². The van der Waals surface area contributed by atoms with Gasteiger partial charge in [0.1, 0.15) is 0 Å². The van der Waals surface area contributed by atoms with Crippen LogP contribution in [0.2, 0.25) is 5.02 Å². The van der Waals surface area contributed by atoms with E-state index in [1.807, 2.05) is 0 Å². The minimum atomic E-state index is -4.61. The molecular weight excluding hydrogens is 245 g/mol. The zero-order valence-corrected chi connectivity index (χ0v) is 8.29. The number of benzene rings is 1. The number of hydrogen-bond donors (Lipinski definition) is 0. The SMILES string of the molecule is FC(F)(F)c1nnnn1-c1[c]cc(Cl)cc1. The van der Waals surface area contributed by atoms with Crippen molar-refractivity contribution in [2.45, 2.75) is 6.18 Å². The van der Waals surface area contributed by atoms with Gasteiger partial charge in [-0.05, 0) is 28.6 Å². The first-order valence-electron chi connectivity index (χ1n) is 4.01. The summed E-state index contributed by atoms with van der Waals surface area (Å²) in [6.07, 6.45) is -4.61. The Morgan fingerprint density at radius 1 is 1.31 bits per heavy atom. The molecule has 0 atom stereocenters. The van der Waals surface area contributed by atoms with Gasteiger partial charge in [-0.15, -0.1) is 5.10 Å². The molecule has 0 saturated carbocycles. The Morgan fingerprint density at radius 2 is 2.06 bits per heavy atom. The average Bonchev–Trinajstić information content (AvgIpc) is 2.66. The molecule has 2 rings (SSSR count). The van der Waals surface area contributed by atoms with Crippen molar-refractivity contribution in [2.75, 3.05) is 0 Å². The van der Waals surface area contributed by atoms with Gasteiger partial charge in [0.05, 0.1) is 5.69 Å². The van der Waals surface area contributed by atoms with Gasteiger partial charge >= 0.3 is 6.18 Å². The predicted molar refractivity (Wildman–Crippen MR) is 48.0 cm³/mol. The molecule has 0 aliphatic heterocycles. The monoisotopic (exact) mass is 247 g/mol. The lowest BCUT2D eigenvalue weighted by Gasteiger charge is -2.06. The van der Waals surface area contributed by atoms with E-state index in [4.69, 9.17) is 11.6 Å². The Balaban J connectivity index is 2.49. The molecule has 83 valence electrons. The molecule has 0 spiro atoms. The van der Waals surface area contributed by atoms with Crippen molar-refractivity contribution in [3.8, 4) is 5.69 Å². The van der Waals surface area contributed by atoms with Crippen molar-refractivity contribution in [3.05, 3.63) is 35.1 Å². The number of tetrazole rings is 1. The highest BCUT2D eigenvalue weighted by Gasteiger charge is 2.38. The maximum Gasteiger partial charge on any atom is 0.453 e. The minimum Gasteiger partial charge on any atom is -0.188 e. The first-order chi connectivity index (χ1) is 7.48. The molecule has 1 heterocycles. The number of alkyl halides is 3. The zero-order chi connectivity index (χ0) is 11.8. The van der Waals surface area contributed by atoms with E-state index in [2.05, 4.69) is 21.6 Å². The van der Waals surface area contributed by atoms with Crippen molar-refractivity contribution in [3.63, 3.8) is 0 Å². The number of rotatable bonds is 1. The molecule has 4 nitrogen and oxygen atoms in total. The first-order valence-corrected chi connectivity index (χ1v) is 4.39. The first kappa shape index (κ1) is 10.9. The van der Waals surface area contributed by atoms with Crippen LogP contribution in [0.15, 0.2) is 18.2 Å². The van der Waals surface area contributed by atoms with Gasteiger partial charge in [-0.25, -0.2) is 0 Å². The largest absolute Gasteiger partial charge is 0.453 e. The van der Waals surface area contributed by atoms with Crippen LogP contribution in [0.5, 0.6) is 0 Å². The second kappa shape index (κ2) is 3.75. The van der Waals surface area contributed by atoms with Crippen LogP contribution >= 0.6 is 11.6 Å². The van der Waals surface area contributed by atoms with Crippen LogP contribution < -0.4 is 0 Å². The van der Waals surface area contributed by atoms with Gasteiger partial charge < -0.3 is 0 Å². The van der Waals surface area contributed by atoms with Gasteiger partial charge in [-0.3, -0.25) is 0 Å². The molecule has 1 aromatic heterocycles. The van der Waals surface area contributed by atoms with E-state index in [1.54, 1.807) is 0 Å². The van der Waals surface area contributed by atoms with Gasteiger partial charge in [0, 0.05) is 11.1 Å². The summed E-state index contributed by atoms with van der Waals surface area (Å²) in [4.78, 5) is 0. The number of nitrogens with zero attached hydrogens (tertiary/aromatic N) is 4. The molecule has 0 amide bonds. The van der Waals surface area contributed by atoms with Crippen LogP contribution in [0.1, 0.15) is 5.82 Å². The summed E-state index contributed by atoms with van der Waals surface area (Å²) < 4.78 is 37.9. The van der Waals surface area contributed by atoms with Gasteiger partial charge in [-0.2, -0.15) is 17.9 Å². The van der Waals surface area contributed by atoms with Crippen molar-refractivity contribution in [2.24, 2.45) is 0 Å². The third kappa shape index (κ3) is 1.99. The van der Waals surface area contributed by atoms with Crippen LogP contribution in [0, 0.1) is 6.07 Å². The van der Waals surface area contributed by atoms with E-state index in [9.17, 15) is 13.2 Å². The fourth-order valence-corrected chi connectivity index (χ4v) is 1.17. The Hall–Kier alpha value is -1.63. The summed E-state index contributed by atoms with van der Waals surface area (Å²) in [6, 6.07) is 6.64. The molecular formula is C8H3ClF3N4. The Labute approximate surface area is 92.6 Å². The number of halogens is 4. The lowest BCUT2D eigenvalue weighted by Crippen LogP contribution is -2.14. The Kier molecular flexibility index (Phi) is 2.55. The number of hydrogen-bond acceptors (Lipinski definition) is 3. The Morgan fingerprint density at radius 3 is 2.62 bits per heavy atom. The van der Waals surface area contributed by atoms with Crippen LogP contribution in [0.25, 0.3) is 5.69 Å². The van der Waals surface area contributed by atoms with E-state index in [1.165, 1.54) is 18.2 Å². The van der Waals surface area contributed by atoms with Gasteiger partial charge in [0.25, 0.3) is 5.82 Å². The molecule has 0 fully saturated rings. The average molecular weight is 248 g/mol. The number of aromatic nitrogens is 4. The minimum absolute atomic E-state index is 0.0710. The summed E-state index contributed by atoms with van der Waals surface area (Å²) in [6.45, 7) is 0. The van der Waals surface area contributed by atoms with Crippen molar-refractivity contribution < 1.29 is 13.2 Å². The summed E-state index contributed by atoms with van der Waals surface area (Å²) >= 11 is 5.59. The Bertz CT molecular complexity index is 491. The molecule has 0 unspecified atom stereocenters. The van der Waals surface area contributed by atoms with E-state index in [0.717, 1.165) is 0 Å². The third-order valence-corrected chi connectivity index (χ3v) is 1.94. The summed E-state index contributed by atoms with van der Waals surface area (Å²) in [5.74, 6) is -1.20. The lowest BCUT2D eigenvalue weighted by atomic mass is 10.3. The van der Waals surface area contributed by atoms with Crippen molar-refractivity contribution in [1.82, 2.24) is 20.2 Å². The summed E-state index contributed by atoms with van der Waals surface area (Å²) in [5, 5.41) is 9.50. The maximum atomic E-state index is 12.4. The quantitative estimate of drug-likeness (QED) is 0.775. The van der Waals surface area contributed by atoms with Gasteiger partial charge in [-0.1, -0.05) is 11.6 Å².